The number of hydrogen-bond acceptors (Lipinski definition) is 1. The van der Waals surface area contributed by atoms with E-state index in [2.05, 4.69) is 52.6 Å². The third kappa shape index (κ3) is 11.7. The molecule has 0 aliphatic rings. The van der Waals surface area contributed by atoms with Crippen molar-refractivity contribution in [2.45, 2.75) is 53.3 Å². The Morgan fingerprint density at radius 2 is 1.69 bits per heavy atom. The van der Waals surface area contributed by atoms with Gasteiger partial charge in [-0.1, -0.05) is 42.9 Å². The van der Waals surface area contributed by atoms with E-state index in [-0.39, 0.29) is 0 Å². The average Bonchev–Trinajstić information content (AvgIpc) is 2.10. The summed E-state index contributed by atoms with van der Waals surface area (Å²) in [4.78, 5) is 0. The van der Waals surface area contributed by atoms with Crippen molar-refractivity contribution in [3.63, 3.8) is 0 Å². The first-order chi connectivity index (χ1) is 7.31. The van der Waals surface area contributed by atoms with Crippen molar-refractivity contribution in [2.24, 2.45) is 0 Å². The molecule has 0 N–H and O–H groups in total. The lowest BCUT2D eigenvalue weighted by atomic mass is 10.1. The van der Waals surface area contributed by atoms with Crippen molar-refractivity contribution in [1.82, 2.24) is 0 Å². The Labute approximate surface area is 103 Å². The van der Waals surface area contributed by atoms with Crippen molar-refractivity contribution >= 4 is 8.07 Å². The summed E-state index contributed by atoms with van der Waals surface area (Å²) in [5, 5.41) is 0. The monoisotopic (exact) mass is 240 g/mol. The normalized spacial score (nSPS) is 12.8. The van der Waals surface area contributed by atoms with Crippen LogP contribution in [0.4, 0.5) is 0 Å². The van der Waals surface area contributed by atoms with Crippen LogP contribution in [-0.2, 0) is 4.74 Å². The second-order valence-electron chi connectivity index (χ2n) is 5.95. The average molecular weight is 240 g/mol. The van der Waals surface area contributed by atoms with Crippen LogP contribution >= 0.6 is 0 Å². The maximum Gasteiger partial charge on any atom is 0.0746 e. The van der Waals surface area contributed by atoms with Gasteiger partial charge in [-0.05, 0) is 33.6 Å². The third-order valence-corrected chi connectivity index (χ3v) is 3.25. The topological polar surface area (TPSA) is 9.23 Å². The van der Waals surface area contributed by atoms with Crippen LogP contribution in [0.2, 0.25) is 19.6 Å². The highest BCUT2D eigenvalue weighted by molar-refractivity contribution is 6.76. The predicted molar refractivity (Wildman–Crippen MR) is 76.6 cm³/mol. The highest BCUT2D eigenvalue weighted by Crippen LogP contribution is 2.07. The molecule has 0 aromatic rings. The summed E-state index contributed by atoms with van der Waals surface area (Å²) < 4.78 is 5.67. The van der Waals surface area contributed by atoms with Gasteiger partial charge in [0.2, 0.25) is 0 Å². The Morgan fingerprint density at radius 1 is 1.06 bits per heavy atom. The molecule has 0 aromatic heterocycles. The molecular weight excluding hydrogens is 212 g/mol. The Hall–Kier alpha value is -0.343. The molecule has 0 saturated carbocycles. The predicted octanol–water partition coefficient (Wildman–Crippen LogP) is 4.57. The molecular formula is C14H28OSi. The Balaban J connectivity index is 3.67. The van der Waals surface area contributed by atoms with Crippen LogP contribution in [0.3, 0.4) is 0 Å². The van der Waals surface area contributed by atoms with E-state index < -0.39 is 8.07 Å². The molecule has 0 bridgehead atoms. The molecule has 0 fully saturated rings. The number of allylic oxidation sites excluding steroid dienone is 3. The summed E-state index contributed by atoms with van der Waals surface area (Å²) in [6.07, 6.45) is 7.78. The van der Waals surface area contributed by atoms with Gasteiger partial charge >= 0.3 is 0 Å². The van der Waals surface area contributed by atoms with Crippen molar-refractivity contribution < 1.29 is 4.74 Å². The SMILES string of the molecule is CC(C)=CCC/C(C)=C/COC[Si](C)(C)C. The fourth-order valence-electron chi connectivity index (χ4n) is 1.26. The van der Waals surface area contributed by atoms with Gasteiger partial charge in [-0.25, -0.2) is 0 Å². The highest BCUT2D eigenvalue weighted by atomic mass is 28.3. The molecule has 0 aliphatic heterocycles. The van der Waals surface area contributed by atoms with Crippen molar-refractivity contribution in [1.29, 1.82) is 0 Å². The standard InChI is InChI=1S/C14H28OSi/c1-13(2)8-7-9-14(3)10-11-15-12-16(4,5)6/h8,10H,7,9,11-12H2,1-6H3/b14-10+. The van der Waals surface area contributed by atoms with Crippen LogP contribution in [0.15, 0.2) is 23.3 Å². The molecule has 0 amide bonds. The van der Waals surface area contributed by atoms with Crippen LogP contribution in [0.1, 0.15) is 33.6 Å². The number of hydrogen-bond donors (Lipinski definition) is 0. The van der Waals surface area contributed by atoms with Gasteiger partial charge in [0.25, 0.3) is 0 Å². The van der Waals surface area contributed by atoms with Gasteiger partial charge in [-0.3, -0.25) is 0 Å². The lowest BCUT2D eigenvalue weighted by Crippen LogP contribution is -2.28. The lowest BCUT2D eigenvalue weighted by Gasteiger charge is -2.14. The van der Waals surface area contributed by atoms with Gasteiger partial charge in [0.05, 0.1) is 14.7 Å². The van der Waals surface area contributed by atoms with E-state index in [1.807, 2.05) is 0 Å². The Bertz CT molecular complexity index is 242. The zero-order chi connectivity index (χ0) is 12.6. The largest absolute Gasteiger partial charge is 0.381 e. The van der Waals surface area contributed by atoms with Gasteiger partial charge in [-0.15, -0.1) is 0 Å². The summed E-state index contributed by atoms with van der Waals surface area (Å²) in [5.41, 5.74) is 2.84. The molecule has 0 atom stereocenters. The highest BCUT2D eigenvalue weighted by Gasteiger charge is 2.11. The summed E-state index contributed by atoms with van der Waals surface area (Å²) in [6, 6.07) is 0. The minimum Gasteiger partial charge on any atom is -0.381 e. The van der Waals surface area contributed by atoms with Crippen LogP contribution in [0, 0.1) is 0 Å². The second kappa shape index (κ2) is 7.85. The molecule has 0 rings (SSSR count). The molecule has 16 heavy (non-hydrogen) atoms. The molecule has 0 radical (unpaired) electrons. The number of ether oxygens (including phenoxy) is 1. The zero-order valence-corrected chi connectivity index (χ0v) is 12.9. The molecule has 0 spiro atoms. The van der Waals surface area contributed by atoms with E-state index in [4.69, 9.17) is 4.74 Å². The van der Waals surface area contributed by atoms with Crippen LogP contribution in [-0.4, -0.2) is 20.9 Å². The summed E-state index contributed by atoms with van der Waals surface area (Å²) in [5.74, 6) is 0. The molecule has 0 aromatic carbocycles. The zero-order valence-electron chi connectivity index (χ0n) is 11.9. The van der Waals surface area contributed by atoms with Crippen LogP contribution < -0.4 is 0 Å². The van der Waals surface area contributed by atoms with Crippen molar-refractivity contribution in [3.05, 3.63) is 23.3 Å². The fraction of sp³-hybridized carbons (Fsp3) is 0.714. The smallest absolute Gasteiger partial charge is 0.0746 e. The van der Waals surface area contributed by atoms with Gasteiger partial charge in [-0.2, -0.15) is 0 Å². The van der Waals surface area contributed by atoms with E-state index >= 15 is 0 Å². The van der Waals surface area contributed by atoms with Crippen LogP contribution in [0.5, 0.6) is 0 Å². The Kier molecular flexibility index (Phi) is 7.69. The van der Waals surface area contributed by atoms with E-state index in [9.17, 15) is 0 Å². The second-order valence-corrected chi connectivity index (χ2v) is 11.4. The number of rotatable bonds is 7. The van der Waals surface area contributed by atoms with Crippen molar-refractivity contribution in [2.75, 3.05) is 12.8 Å². The lowest BCUT2D eigenvalue weighted by molar-refractivity contribution is 0.205. The van der Waals surface area contributed by atoms with E-state index in [0.717, 1.165) is 25.7 Å². The van der Waals surface area contributed by atoms with Gasteiger partial charge < -0.3 is 4.74 Å². The first-order valence-electron chi connectivity index (χ1n) is 6.18. The minimum atomic E-state index is -1.03. The fourth-order valence-corrected chi connectivity index (χ4v) is 1.99. The first-order valence-corrected chi connectivity index (χ1v) is 9.89. The molecule has 2 heteroatoms. The van der Waals surface area contributed by atoms with Gasteiger partial charge in [0.15, 0.2) is 0 Å². The minimum absolute atomic E-state index is 0.783. The molecule has 0 heterocycles. The maximum atomic E-state index is 5.67. The summed E-state index contributed by atoms with van der Waals surface area (Å²) >= 11 is 0. The van der Waals surface area contributed by atoms with E-state index in [1.165, 1.54) is 11.1 Å². The van der Waals surface area contributed by atoms with Crippen molar-refractivity contribution in [3.8, 4) is 0 Å². The molecule has 0 unspecified atom stereocenters. The third-order valence-electron chi connectivity index (χ3n) is 2.18. The Morgan fingerprint density at radius 3 is 2.19 bits per heavy atom. The van der Waals surface area contributed by atoms with E-state index in [0.29, 0.717) is 0 Å². The van der Waals surface area contributed by atoms with Gasteiger partial charge in [0, 0.05) is 6.23 Å². The maximum absolute atomic E-state index is 5.67. The summed E-state index contributed by atoms with van der Waals surface area (Å²) in [6.45, 7) is 14.3. The van der Waals surface area contributed by atoms with Gasteiger partial charge in [0.1, 0.15) is 0 Å². The molecule has 0 saturated heterocycles. The van der Waals surface area contributed by atoms with Crippen LogP contribution in [0.25, 0.3) is 0 Å². The summed E-state index contributed by atoms with van der Waals surface area (Å²) in [7, 11) is -1.03. The first kappa shape index (κ1) is 15.7. The van der Waals surface area contributed by atoms with E-state index in [1.54, 1.807) is 0 Å². The quantitative estimate of drug-likeness (QED) is 0.360. The molecule has 0 aliphatic carbocycles. The molecule has 94 valence electrons. The molecule has 1 nitrogen and oxygen atoms in total.